The summed E-state index contributed by atoms with van der Waals surface area (Å²) in [5.74, 6) is 1.56. The fraction of sp³-hybridized carbons (Fsp3) is 0.591. The van der Waals surface area contributed by atoms with Crippen LogP contribution < -0.4 is 10.2 Å². The monoisotopic (exact) mass is 466 g/mol. The van der Waals surface area contributed by atoms with Gasteiger partial charge in [0.25, 0.3) is 0 Å². The minimum absolute atomic E-state index is 0.279. The van der Waals surface area contributed by atoms with Gasteiger partial charge in [0.15, 0.2) is 0 Å². The average molecular weight is 467 g/mol. The van der Waals surface area contributed by atoms with Gasteiger partial charge in [-0.25, -0.2) is 0 Å². The maximum Gasteiger partial charge on any atom is 0.323 e. The molecule has 2 N–H and O–H groups in total. The molecule has 31 heavy (non-hydrogen) atoms. The summed E-state index contributed by atoms with van der Waals surface area (Å²) >= 11 is 3.46. The van der Waals surface area contributed by atoms with Crippen LogP contribution in [0.15, 0.2) is 29.2 Å². The number of fused-ring (bicyclic) bond motifs is 1. The molecule has 0 saturated carbocycles. The number of aliphatic carboxylic acids is 1. The lowest BCUT2D eigenvalue weighted by molar-refractivity contribution is -0.146. The summed E-state index contributed by atoms with van der Waals surface area (Å²) in [6, 6.07) is 6.04. The number of nitrogens with zero attached hydrogens (tertiary/aromatic N) is 1. The van der Waals surface area contributed by atoms with E-state index in [0.717, 1.165) is 35.7 Å². The van der Waals surface area contributed by atoms with Crippen molar-refractivity contribution in [2.75, 3.05) is 35.3 Å². The number of amides is 1. The van der Waals surface area contributed by atoms with Gasteiger partial charge in [-0.05, 0) is 62.2 Å². The number of esters is 1. The lowest BCUT2D eigenvalue weighted by atomic mass is 9.94. The first kappa shape index (κ1) is 23.9. The van der Waals surface area contributed by atoms with Gasteiger partial charge < -0.3 is 9.84 Å². The fourth-order valence-electron chi connectivity index (χ4n) is 3.96. The van der Waals surface area contributed by atoms with Gasteiger partial charge in [-0.3, -0.25) is 24.6 Å². The molecule has 1 aromatic rings. The highest BCUT2D eigenvalue weighted by atomic mass is 32.2. The first-order chi connectivity index (χ1) is 15.0. The molecule has 1 fully saturated rings. The van der Waals surface area contributed by atoms with Gasteiger partial charge in [0, 0.05) is 10.6 Å². The number of carbonyl (C=O) groups excluding carboxylic acids is 2. The van der Waals surface area contributed by atoms with Crippen LogP contribution >= 0.6 is 23.5 Å². The number of para-hydroxylation sites is 1. The lowest BCUT2D eigenvalue weighted by Crippen LogP contribution is -2.54. The predicted octanol–water partition coefficient (Wildman–Crippen LogP) is 3.02. The smallest absolute Gasteiger partial charge is 0.323 e. The second-order valence-corrected chi connectivity index (χ2v) is 10.0. The molecule has 9 heteroatoms. The van der Waals surface area contributed by atoms with Gasteiger partial charge in [-0.2, -0.15) is 11.8 Å². The third-order valence-corrected chi connectivity index (χ3v) is 7.80. The van der Waals surface area contributed by atoms with E-state index in [4.69, 9.17) is 4.74 Å². The molecular weight excluding hydrogens is 436 g/mol. The number of hydrogen-bond acceptors (Lipinski definition) is 7. The van der Waals surface area contributed by atoms with Gasteiger partial charge in [0.2, 0.25) is 5.91 Å². The molecule has 170 valence electrons. The van der Waals surface area contributed by atoms with Crippen LogP contribution in [0.3, 0.4) is 0 Å². The Morgan fingerprint density at radius 1 is 1.29 bits per heavy atom. The number of anilines is 1. The maximum atomic E-state index is 13.3. The zero-order valence-corrected chi connectivity index (χ0v) is 19.4. The number of rotatable bonds is 9. The number of ether oxygens (including phenoxy) is 1. The van der Waals surface area contributed by atoms with E-state index in [9.17, 15) is 19.5 Å². The molecule has 1 saturated heterocycles. The fourth-order valence-corrected chi connectivity index (χ4v) is 6.25. The van der Waals surface area contributed by atoms with Gasteiger partial charge in [-0.1, -0.05) is 12.1 Å². The van der Waals surface area contributed by atoms with Crippen molar-refractivity contribution >= 4 is 47.1 Å². The summed E-state index contributed by atoms with van der Waals surface area (Å²) < 4.78 is 5.27. The van der Waals surface area contributed by atoms with E-state index in [-0.39, 0.29) is 18.5 Å². The van der Waals surface area contributed by atoms with E-state index < -0.39 is 24.6 Å². The minimum Gasteiger partial charge on any atom is -0.480 e. The van der Waals surface area contributed by atoms with Crippen LogP contribution in [0.5, 0.6) is 0 Å². The van der Waals surface area contributed by atoms with Crippen molar-refractivity contribution in [3.05, 3.63) is 24.3 Å². The Hall–Kier alpha value is -1.71. The lowest BCUT2D eigenvalue weighted by Gasteiger charge is -2.28. The highest BCUT2D eigenvalue weighted by Gasteiger charge is 2.35. The molecule has 2 atom stereocenters. The minimum atomic E-state index is -1.08. The SMILES string of the molecule is CCOC(=O)[C@@H](CCC1CCSCC1)NC1CSc2ccccc2N(CC(=O)O)C1=O. The molecule has 0 aliphatic carbocycles. The third kappa shape index (κ3) is 6.63. The number of nitrogens with one attached hydrogen (secondary N) is 1. The quantitative estimate of drug-likeness (QED) is 0.536. The summed E-state index contributed by atoms with van der Waals surface area (Å²) in [6.07, 6.45) is 3.82. The molecule has 0 radical (unpaired) electrons. The topological polar surface area (TPSA) is 95.9 Å². The van der Waals surface area contributed by atoms with Crippen molar-refractivity contribution in [1.29, 1.82) is 0 Å². The Balaban J connectivity index is 1.74. The van der Waals surface area contributed by atoms with Gasteiger partial charge in [0.1, 0.15) is 12.6 Å². The van der Waals surface area contributed by atoms with Crippen LogP contribution in [0.1, 0.15) is 32.6 Å². The maximum absolute atomic E-state index is 13.3. The highest BCUT2D eigenvalue weighted by Crippen LogP contribution is 2.34. The number of hydrogen-bond donors (Lipinski definition) is 2. The van der Waals surface area contributed by atoms with E-state index in [0.29, 0.717) is 23.8 Å². The zero-order chi connectivity index (χ0) is 22.2. The Morgan fingerprint density at radius 2 is 2.03 bits per heavy atom. The molecule has 1 amide bonds. The van der Waals surface area contributed by atoms with Crippen LogP contribution in [0.25, 0.3) is 0 Å². The Bertz CT molecular complexity index is 785. The molecule has 2 heterocycles. The van der Waals surface area contributed by atoms with Crippen molar-refractivity contribution in [3.8, 4) is 0 Å². The van der Waals surface area contributed by atoms with E-state index >= 15 is 0 Å². The second kappa shape index (κ2) is 11.8. The normalized spacial score (nSPS) is 20.6. The van der Waals surface area contributed by atoms with Crippen LogP contribution in [-0.4, -0.2) is 65.4 Å². The molecular formula is C22H30N2O5S2. The largest absolute Gasteiger partial charge is 0.480 e. The summed E-state index contributed by atoms with van der Waals surface area (Å²) in [5.41, 5.74) is 0.594. The Labute approximate surface area is 191 Å². The Kier molecular flexibility index (Phi) is 9.10. The van der Waals surface area contributed by atoms with Crippen molar-refractivity contribution in [2.45, 2.75) is 49.6 Å². The number of carbonyl (C=O) groups is 3. The zero-order valence-electron chi connectivity index (χ0n) is 17.7. The van der Waals surface area contributed by atoms with Crippen molar-refractivity contribution in [2.24, 2.45) is 5.92 Å². The predicted molar refractivity (Wildman–Crippen MR) is 124 cm³/mol. The molecule has 0 spiro atoms. The third-order valence-electron chi connectivity index (χ3n) is 5.60. The number of benzene rings is 1. The summed E-state index contributed by atoms with van der Waals surface area (Å²) in [5, 5.41) is 12.6. The van der Waals surface area contributed by atoms with Gasteiger partial charge in [0.05, 0.1) is 18.3 Å². The van der Waals surface area contributed by atoms with Crippen LogP contribution in [0.2, 0.25) is 0 Å². The number of carboxylic acids is 1. The molecule has 1 aromatic carbocycles. The van der Waals surface area contributed by atoms with Crippen molar-refractivity contribution < 1.29 is 24.2 Å². The molecule has 0 aromatic heterocycles. The average Bonchev–Trinajstić information content (AvgIpc) is 2.89. The summed E-state index contributed by atoms with van der Waals surface area (Å²) in [4.78, 5) is 39.5. The van der Waals surface area contributed by atoms with Gasteiger partial charge in [-0.15, -0.1) is 11.8 Å². The summed E-state index contributed by atoms with van der Waals surface area (Å²) in [7, 11) is 0. The van der Waals surface area contributed by atoms with Crippen LogP contribution in [-0.2, 0) is 19.1 Å². The molecule has 3 rings (SSSR count). The molecule has 2 aliphatic rings. The molecule has 0 bridgehead atoms. The van der Waals surface area contributed by atoms with E-state index in [1.807, 2.05) is 23.9 Å². The van der Waals surface area contributed by atoms with E-state index in [1.54, 1.807) is 19.1 Å². The standard InChI is InChI=1S/C22H30N2O5S2/c1-2-29-22(28)16(8-7-15-9-11-30-12-10-15)23-17-14-31-19-6-4-3-5-18(19)24(21(17)27)13-20(25)26/h3-6,15-17,23H,2,7-14H2,1H3,(H,25,26)/t16-,17?/m1/s1. The Morgan fingerprint density at radius 3 is 2.74 bits per heavy atom. The number of thioether (sulfide) groups is 2. The molecule has 2 aliphatic heterocycles. The molecule has 7 nitrogen and oxygen atoms in total. The second-order valence-electron chi connectivity index (χ2n) is 7.75. The van der Waals surface area contributed by atoms with Crippen molar-refractivity contribution in [3.63, 3.8) is 0 Å². The van der Waals surface area contributed by atoms with E-state index in [2.05, 4.69) is 5.32 Å². The van der Waals surface area contributed by atoms with E-state index in [1.165, 1.54) is 16.7 Å². The van der Waals surface area contributed by atoms with Crippen LogP contribution in [0.4, 0.5) is 5.69 Å². The number of carboxylic acid groups (broad SMARTS) is 1. The van der Waals surface area contributed by atoms with Gasteiger partial charge >= 0.3 is 11.9 Å². The first-order valence-electron chi connectivity index (χ1n) is 10.7. The summed E-state index contributed by atoms with van der Waals surface area (Å²) in [6.45, 7) is 1.63. The van der Waals surface area contributed by atoms with Crippen LogP contribution in [0, 0.1) is 5.92 Å². The molecule has 1 unspecified atom stereocenters. The first-order valence-corrected chi connectivity index (χ1v) is 12.9. The van der Waals surface area contributed by atoms with Crippen molar-refractivity contribution in [1.82, 2.24) is 5.32 Å². The highest BCUT2D eigenvalue weighted by molar-refractivity contribution is 7.99.